The van der Waals surface area contributed by atoms with Gasteiger partial charge in [-0.3, -0.25) is 24.3 Å². The van der Waals surface area contributed by atoms with E-state index in [1.807, 2.05) is 4.98 Å². The van der Waals surface area contributed by atoms with Crippen molar-refractivity contribution in [2.75, 3.05) is 13.1 Å². The Balaban J connectivity index is 2.87. The van der Waals surface area contributed by atoms with Crippen molar-refractivity contribution in [3.63, 3.8) is 0 Å². The molecule has 0 aliphatic heterocycles. The number of carbonyl (C=O) groups is 2. The van der Waals surface area contributed by atoms with Crippen LogP contribution < -0.4 is 11.2 Å². The van der Waals surface area contributed by atoms with Crippen molar-refractivity contribution < 1.29 is 19.8 Å². The minimum atomic E-state index is -1.21. The van der Waals surface area contributed by atoms with E-state index >= 15 is 0 Å². The monoisotopic (exact) mass is 257 g/mol. The number of nitrogens with one attached hydrogen (secondary N) is 2. The van der Waals surface area contributed by atoms with Crippen LogP contribution in [0.1, 0.15) is 5.69 Å². The first-order valence-corrected chi connectivity index (χ1v) is 4.85. The Labute approximate surface area is 99.7 Å². The highest BCUT2D eigenvalue weighted by molar-refractivity contribution is 5.72. The van der Waals surface area contributed by atoms with Gasteiger partial charge in [-0.1, -0.05) is 0 Å². The van der Waals surface area contributed by atoms with Gasteiger partial charge in [-0.05, 0) is 0 Å². The molecule has 0 aromatic carbocycles. The molecule has 0 saturated carbocycles. The highest BCUT2D eigenvalue weighted by Gasteiger charge is 2.14. The fraction of sp³-hybridized carbons (Fsp3) is 0.333. The molecule has 1 aromatic rings. The molecule has 0 bridgehead atoms. The number of carboxylic acid groups (broad SMARTS) is 2. The first kappa shape index (κ1) is 13.6. The second-order valence-corrected chi connectivity index (χ2v) is 3.55. The van der Waals surface area contributed by atoms with E-state index in [4.69, 9.17) is 10.2 Å². The largest absolute Gasteiger partial charge is 0.480 e. The SMILES string of the molecule is O=C(O)CN(CC(=O)O)Cc1cc(=O)[nH]c(=O)[nH]1. The summed E-state index contributed by atoms with van der Waals surface area (Å²) in [6.45, 7) is -1.18. The first-order valence-electron chi connectivity index (χ1n) is 4.85. The van der Waals surface area contributed by atoms with Crippen LogP contribution in [-0.2, 0) is 16.1 Å². The van der Waals surface area contributed by atoms with Crippen molar-refractivity contribution in [3.05, 3.63) is 32.6 Å². The summed E-state index contributed by atoms with van der Waals surface area (Å²) in [4.78, 5) is 48.4. The van der Waals surface area contributed by atoms with E-state index in [2.05, 4.69) is 4.98 Å². The summed E-state index contributed by atoms with van der Waals surface area (Å²) in [5.41, 5.74) is -1.23. The lowest BCUT2D eigenvalue weighted by molar-refractivity contribution is -0.142. The summed E-state index contributed by atoms with van der Waals surface area (Å²) in [5, 5.41) is 17.2. The average molecular weight is 257 g/mol. The Morgan fingerprint density at radius 3 is 2.11 bits per heavy atom. The number of hydrogen-bond donors (Lipinski definition) is 4. The molecule has 0 unspecified atom stereocenters. The molecule has 1 aromatic heterocycles. The Morgan fingerprint density at radius 1 is 1.11 bits per heavy atom. The molecule has 98 valence electrons. The number of nitrogens with zero attached hydrogens (tertiary/aromatic N) is 1. The predicted octanol–water partition coefficient (Wildman–Crippen LogP) is -1.97. The molecule has 0 aliphatic carbocycles. The van der Waals surface area contributed by atoms with Crippen LogP contribution in [0, 0.1) is 0 Å². The van der Waals surface area contributed by atoms with Crippen molar-refractivity contribution >= 4 is 11.9 Å². The summed E-state index contributed by atoms with van der Waals surface area (Å²) < 4.78 is 0. The van der Waals surface area contributed by atoms with Gasteiger partial charge in [-0.25, -0.2) is 4.79 Å². The van der Waals surface area contributed by atoms with Gasteiger partial charge in [0.2, 0.25) is 0 Å². The van der Waals surface area contributed by atoms with Gasteiger partial charge >= 0.3 is 17.6 Å². The van der Waals surface area contributed by atoms with Gasteiger partial charge in [0.25, 0.3) is 5.56 Å². The van der Waals surface area contributed by atoms with Crippen molar-refractivity contribution in [2.45, 2.75) is 6.54 Å². The van der Waals surface area contributed by atoms with Crippen LogP contribution in [0.25, 0.3) is 0 Å². The lowest BCUT2D eigenvalue weighted by Crippen LogP contribution is -2.35. The fourth-order valence-corrected chi connectivity index (χ4v) is 1.40. The number of aromatic amines is 2. The van der Waals surface area contributed by atoms with Gasteiger partial charge in [0.05, 0.1) is 13.1 Å². The molecule has 0 aliphatic rings. The Morgan fingerprint density at radius 2 is 1.67 bits per heavy atom. The van der Waals surface area contributed by atoms with E-state index in [0.29, 0.717) is 0 Å². The molecule has 0 fully saturated rings. The summed E-state index contributed by atoms with van der Waals surface area (Å²) in [6, 6.07) is 1.07. The highest BCUT2D eigenvalue weighted by atomic mass is 16.4. The number of aromatic nitrogens is 2. The molecule has 9 heteroatoms. The number of H-pyrrole nitrogens is 2. The third-order valence-electron chi connectivity index (χ3n) is 1.93. The standard InChI is InChI=1S/C9H11N3O6/c13-6-1-5(10-9(18)11-6)2-12(3-7(14)15)4-8(16)17/h1H,2-4H2,(H,14,15)(H,16,17)(H2,10,11,13,18). The van der Waals surface area contributed by atoms with Crippen molar-refractivity contribution in [1.82, 2.24) is 14.9 Å². The van der Waals surface area contributed by atoms with E-state index in [-0.39, 0.29) is 12.2 Å². The predicted molar refractivity (Wildman–Crippen MR) is 58.2 cm³/mol. The van der Waals surface area contributed by atoms with Gasteiger partial charge in [0, 0.05) is 18.3 Å². The number of carboxylic acids is 2. The number of hydrogen-bond acceptors (Lipinski definition) is 5. The zero-order valence-electron chi connectivity index (χ0n) is 9.17. The minimum Gasteiger partial charge on any atom is -0.480 e. The van der Waals surface area contributed by atoms with Crippen molar-refractivity contribution in [2.24, 2.45) is 0 Å². The first-order chi connectivity index (χ1) is 8.36. The normalized spacial score (nSPS) is 10.5. The maximum atomic E-state index is 11.0. The highest BCUT2D eigenvalue weighted by Crippen LogP contribution is 1.97. The third kappa shape index (κ3) is 4.61. The fourth-order valence-electron chi connectivity index (χ4n) is 1.40. The van der Waals surface area contributed by atoms with Crippen LogP contribution in [0.2, 0.25) is 0 Å². The van der Waals surface area contributed by atoms with E-state index < -0.39 is 36.3 Å². The van der Waals surface area contributed by atoms with Crippen LogP contribution in [-0.4, -0.2) is 50.1 Å². The molecule has 1 rings (SSSR count). The Kier molecular flexibility index (Phi) is 4.38. The van der Waals surface area contributed by atoms with Gasteiger partial charge in [0.1, 0.15) is 0 Å². The summed E-state index contributed by atoms with van der Waals surface area (Å²) >= 11 is 0. The van der Waals surface area contributed by atoms with E-state index in [1.54, 1.807) is 0 Å². The molecule has 0 spiro atoms. The maximum Gasteiger partial charge on any atom is 0.325 e. The zero-order valence-corrected chi connectivity index (χ0v) is 9.17. The smallest absolute Gasteiger partial charge is 0.325 e. The molecule has 4 N–H and O–H groups in total. The van der Waals surface area contributed by atoms with Gasteiger partial charge in [-0.15, -0.1) is 0 Å². The molecule has 0 amide bonds. The van der Waals surface area contributed by atoms with Gasteiger partial charge < -0.3 is 15.2 Å². The molecule has 18 heavy (non-hydrogen) atoms. The molecule has 1 heterocycles. The zero-order chi connectivity index (χ0) is 13.7. The lowest BCUT2D eigenvalue weighted by Gasteiger charge is -2.17. The molecule has 9 nitrogen and oxygen atoms in total. The molecular weight excluding hydrogens is 246 g/mol. The number of rotatable bonds is 6. The summed E-state index contributed by atoms with van der Waals surface area (Å²) in [6.07, 6.45) is 0. The van der Waals surface area contributed by atoms with Gasteiger partial charge in [-0.2, -0.15) is 0 Å². The Hall–Kier alpha value is -2.42. The van der Waals surface area contributed by atoms with E-state index in [9.17, 15) is 19.2 Å². The van der Waals surface area contributed by atoms with Crippen molar-refractivity contribution in [1.29, 1.82) is 0 Å². The van der Waals surface area contributed by atoms with Crippen molar-refractivity contribution in [3.8, 4) is 0 Å². The number of aliphatic carboxylic acids is 2. The topological polar surface area (TPSA) is 144 Å². The second-order valence-electron chi connectivity index (χ2n) is 3.55. The summed E-state index contributed by atoms with van der Waals surface area (Å²) in [5.74, 6) is -2.41. The molecule has 0 saturated heterocycles. The Bertz CT molecular complexity index is 516. The van der Waals surface area contributed by atoms with Crippen LogP contribution in [0.3, 0.4) is 0 Å². The maximum absolute atomic E-state index is 11.0. The summed E-state index contributed by atoms with van der Waals surface area (Å²) in [7, 11) is 0. The van der Waals surface area contributed by atoms with Gasteiger partial charge in [0.15, 0.2) is 0 Å². The quantitative estimate of drug-likeness (QED) is 0.463. The minimum absolute atomic E-state index is 0.145. The average Bonchev–Trinajstić information content (AvgIpc) is 2.12. The lowest BCUT2D eigenvalue weighted by atomic mass is 10.3. The second kappa shape index (κ2) is 5.77. The molecular formula is C9H11N3O6. The van der Waals surface area contributed by atoms with Crippen LogP contribution in [0.5, 0.6) is 0 Å². The van der Waals surface area contributed by atoms with E-state index in [0.717, 1.165) is 11.0 Å². The van der Waals surface area contributed by atoms with Crippen LogP contribution >= 0.6 is 0 Å². The van der Waals surface area contributed by atoms with Crippen LogP contribution in [0.15, 0.2) is 15.7 Å². The third-order valence-corrected chi connectivity index (χ3v) is 1.93. The van der Waals surface area contributed by atoms with Crippen LogP contribution in [0.4, 0.5) is 0 Å². The molecule has 0 radical (unpaired) electrons. The van der Waals surface area contributed by atoms with E-state index in [1.165, 1.54) is 0 Å². The molecule has 0 atom stereocenters.